The second-order valence-corrected chi connectivity index (χ2v) is 7.26. The molecule has 0 bridgehead atoms. The fourth-order valence-corrected chi connectivity index (χ4v) is 3.52. The van der Waals surface area contributed by atoms with Crippen LogP contribution in [0.2, 0.25) is 0 Å². The van der Waals surface area contributed by atoms with Gasteiger partial charge in [0, 0.05) is 19.4 Å². The van der Waals surface area contributed by atoms with Gasteiger partial charge >= 0.3 is 5.97 Å². The molecule has 0 aromatic rings. The lowest BCUT2D eigenvalue weighted by Gasteiger charge is -2.21. The zero-order valence-electron chi connectivity index (χ0n) is 15.4. The molecule has 1 saturated carbocycles. The van der Waals surface area contributed by atoms with Crippen LogP contribution in [-0.4, -0.2) is 53.6 Å². The van der Waals surface area contributed by atoms with Crippen molar-refractivity contribution < 1.29 is 24.2 Å². The van der Waals surface area contributed by atoms with Crippen LogP contribution in [0.5, 0.6) is 0 Å². The van der Waals surface area contributed by atoms with Crippen molar-refractivity contribution in [2.75, 3.05) is 13.7 Å². The Balaban J connectivity index is 1.52. The monoisotopic (exact) mass is 366 g/mol. The van der Waals surface area contributed by atoms with Gasteiger partial charge in [-0.1, -0.05) is 25.0 Å². The molecule has 1 aliphatic carbocycles. The van der Waals surface area contributed by atoms with E-state index in [1.807, 2.05) is 0 Å². The number of esters is 1. The predicted molar refractivity (Wildman–Crippen MR) is 95.8 cm³/mol. The van der Waals surface area contributed by atoms with Gasteiger partial charge in [0.1, 0.15) is 6.04 Å². The van der Waals surface area contributed by atoms with Crippen LogP contribution in [0.4, 0.5) is 0 Å². The zero-order chi connectivity index (χ0) is 19.1. The third kappa shape index (κ3) is 5.83. The van der Waals surface area contributed by atoms with Gasteiger partial charge in [-0.2, -0.15) is 0 Å². The highest BCUT2D eigenvalue weighted by molar-refractivity contribution is 5.87. The molecule has 2 aliphatic rings. The normalized spacial score (nSPS) is 27.7. The number of ether oxygens (including phenoxy) is 1. The minimum absolute atomic E-state index is 0.0515. The molecule has 146 valence electrons. The Morgan fingerprint density at radius 2 is 1.92 bits per heavy atom. The van der Waals surface area contributed by atoms with E-state index in [0.29, 0.717) is 12.3 Å². The Kier molecular flexibility index (Phi) is 7.63. The predicted octanol–water partition coefficient (Wildman–Crippen LogP) is 1.14. The molecule has 26 heavy (non-hydrogen) atoms. The third-order valence-electron chi connectivity index (χ3n) is 5.17. The van der Waals surface area contributed by atoms with Crippen molar-refractivity contribution in [3.8, 4) is 0 Å². The molecule has 0 aromatic carbocycles. The molecule has 2 amide bonds. The van der Waals surface area contributed by atoms with Crippen molar-refractivity contribution in [3.63, 3.8) is 0 Å². The standard InChI is InChI=1S/C19H30N2O5/c1-26-19(25)15-10-13(15)8-6-4-2-3-5-7-9-17(23)21-12-14(22)11-16(21)18(20)24/h6,8,13-16,22H,2-5,7,9-12H2,1H3,(H2,20,24)/b8-6-/t13-,14+,15+,16+/m1/s1. The fraction of sp³-hybridized carbons (Fsp3) is 0.737. The number of amides is 2. The lowest BCUT2D eigenvalue weighted by Crippen LogP contribution is -2.43. The summed E-state index contributed by atoms with van der Waals surface area (Å²) in [5.41, 5.74) is 5.29. The summed E-state index contributed by atoms with van der Waals surface area (Å²) in [5.74, 6) is -0.377. The Bertz CT molecular complexity index is 548. The number of likely N-dealkylation sites (tertiary alicyclic amines) is 1. The van der Waals surface area contributed by atoms with Crippen LogP contribution in [0, 0.1) is 11.8 Å². The van der Waals surface area contributed by atoms with Gasteiger partial charge in [0.15, 0.2) is 0 Å². The van der Waals surface area contributed by atoms with Crippen LogP contribution in [0.3, 0.4) is 0 Å². The Morgan fingerprint density at radius 3 is 2.62 bits per heavy atom. The van der Waals surface area contributed by atoms with Crippen LogP contribution < -0.4 is 5.73 Å². The largest absolute Gasteiger partial charge is 0.469 e. The molecule has 3 N–H and O–H groups in total. The van der Waals surface area contributed by atoms with Gasteiger partial charge in [0.2, 0.25) is 11.8 Å². The summed E-state index contributed by atoms with van der Waals surface area (Å²) in [5, 5.41) is 9.63. The first-order chi connectivity index (χ1) is 12.4. The molecule has 0 radical (unpaired) electrons. The van der Waals surface area contributed by atoms with Crippen molar-refractivity contribution in [1.29, 1.82) is 0 Å². The van der Waals surface area contributed by atoms with Gasteiger partial charge in [-0.05, 0) is 31.6 Å². The van der Waals surface area contributed by atoms with Crippen molar-refractivity contribution in [2.24, 2.45) is 17.6 Å². The number of methoxy groups -OCH3 is 1. The van der Waals surface area contributed by atoms with E-state index in [9.17, 15) is 19.5 Å². The molecule has 4 atom stereocenters. The summed E-state index contributed by atoms with van der Waals surface area (Å²) in [7, 11) is 1.42. The van der Waals surface area contributed by atoms with Gasteiger partial charge in [-0.25, -0.2) is 0 Å². The Morgan fingerprint density at radius 1 is 1.19 bits per heavy atom. The molecule has 2 rings (SSSR count). The highest BCUT2D eigenvalue weighted by Gasteiger charge is 2.41. The maximum atomic E-state index is 12.2. The lowest BCUT2D eigenvalue weighted by atomic mass is 10.1. The van der Waals surface area contributed by atoms with Gasteiger partial charge in [0.25, 0.3) is 0 Å². The van der Waals surface area contributed by atoms with Crippen molar-refractivity contribution in [2.45, 2.75) is 63.5 Å². The van der Waals surface area contributed by atoms with E-state index in [-0.39, 0.29) is 30.8 Å². The average molecular weight is 366 g/mol. The quantitative estimate of drug-likeness (QED) is 0.342. The number of carbonyl (C=O) groups is 3. The van der Waals surface area contributed by atoms with Gasteiger partial charge in [-0.15, -0.1) is 0 Å². The Hall–Kier alpha value is -1.89. The highest BCUT2D eigenvalue weighted by Crippen LogP contribution is 2.40. The molecule has 1 aliphatic heterocycles. The molecule has 0 aromatic heterocycles. The maximum absolute atomic E-state index is 12.2. The summed E-state index contributed by atoms with van der Waals surface area (Å²) >= 11 is 0. The van der Waals surface area contributed by atoms with Gasteiger partial charge in [0.05, 0.1) is 19.1 Å². The fourth-order valence-electron chi connectivity index (χ4n) is 3.52. The summed E-state index contributed by atoms with van der Waals surface area (Å²) in [6.07, 6.45) is 9.86. The van der Waals surface area contributed by atoms with Gasteiger partial charge < -0.3 is 20.5 Å². The molecule has 1 saturated heterocycles. The lowest BCUT2D eigenvalue weighted by molar-refractivity contribution is -0.142. The van der Waals surface area contributed by atoms with E-state index in [1.54, 1.807) is 0 Å². The highest BCUT2D eigenvalue weighted by atomic mass is 16.5. The smallest absolute Gasteiger partial charge is 0.309 e. The topological polar surface area (TPSA) is 110 Å². The molecular formula is C19H30N2O5. The molecule has 0 spiro atoms. The number of nitrogens with zero attached hydrogens (tertiary/aromatic N) is 1. The molecule has 1 heterocycles. The first-order valence-corrected chi connectivity index (χ1v) is 9.45. The number of carbonyl (C=O) groups excluding carboxylic acids is 3. The van der Waals surface area contributed by atoms with E-state index < -0.39 is 18.1 Å². The number of hydrogen-bond acceptors (Lipinski definition) is 5. The SMILES string of the molecule is COC(=O)[C@H]1C[C@H]1/C=C\CCCCCCC(=O)N1C[C@@H](O)C[C@H]1C(N)=O. The summed E-state index contributed by atoms with van der Waals surface area (Å²) in [6, 6.07) is -0.668. The number of primary amides is 1. The molecular weight excluding hydrogens is 336 g/mol. The number of aliphatic hydroxyl groups is 1. The summed E-state index contributed by atoms with van der Waals surface area (Å²) in [4.78, 5) is 36.3. The third-order valence-corrected chi connectivity index (χ3v) is 5.17. The maximum Gasteiger partial charge on any atom is 0.309 e. The van der Waals surface area contributed by atoms with Crippen LogP contribution >= 0.6 is 0 Å². The van der Waals surface area contributed by atoms with Crippen LogP contribution in [0.1, 0.15) is 51.4 Å². The number of allylic oxidation sites excluding steroid dienone is 2. The van der Waals surface area contributed by atoms with E-state index in [0.717, 1.165) is 38.5 Å². The van der Waals surface area contributed by atoms with Crippen LogP contribution in [0.25, 0.3) is 0 Å². The first-order valence-electron chi connectivity index (χ1n) is 9.45. The molecule has 0 unspecified atom stereocenters. The number of β-amino-alcohol motifs (C(OH)–C–C–N with tert-alkyl or cyclic N) is 1. The second kappa shape index (κ2) is 9.71. The number of unbranched alkanes of at least 4 members (excludes halogenated alkanes) is 4. The van der Waals surface area contributed by atoms with E-state index in [4.69, 9.17) is 10.5 Å². The minimum atomic E-state index is -0.668. The van der Waals surface area contributed by atoms with Crippen molar-refractivity contribution in [3.05, 3.63) is 12.2 Å². The number of hydrogen-bond donors (Lipinski definition) is 2. The van der Waals surface area contributed by atoms with E-state index >= 15 is 0 Å². The van der Waals surface area contributed by atoms with Crippen LogP contribution in [-0.2, 0) is 19.1 Å². The number of rotatable bonds is 10. The summed E-state index contributed by atoms with van der Waals surface area (Å²) in [6.45, 7) is 0.199. The molecule has 7 heteroatoms. The summed E-state index contributed by atoms with van der Waals surface area (Å²) < 4.78 is 4.71. The van der Waals surface area contributed by atoms with Crippen molar-refractivity contribution >= 4 is 17.8 Å². The number of aliphatic hydroxyl groups excluding tert-OH is 1. The average Bonchev–Trinajstić information content (AvgIpc) is 3.27. The first kappa shape index (κ1) is 20.4. The van der Waals surface area contributed by atoms with Crippen molar-refractivity contribution in [1.82, 2.24) is 4.90 Å². The van der Waals surface area contributed by atoms with Crippen LogP contribution in [0.15, 0.2) is 12.2 Å². The number of nitrogens with two attached hydrogens (primary N) is 1. The van der Waals surface area contributed by atoms with E-state index in [1.165, 1.54) is 12.0 Å². The zero-order valence-corrected chi connectivity index (χ0v) is 15.4. The minimum Gasteiger partial charge on any atom is -0.469 e. The Labute approximate surface area is 154 Å². The van der Waals surface area contributed by atoms with E-state index in [2.05, 4.69) is 12.2 Å². The molecule has 7 nitrogen and oxygen atoms in total. The van der Waals surface area contributed by atoms with Gasteiger partial charge in [-0.3, -0.25) is 14.4 Å². The second-order valence-electron chi connectivity index (χ2n) is 7.26. The molecule has 2 fully saturated rings.